The normalized spacial score (nSPS) is 22.4. The number of carbonyl (C=O) groups excluding carboxylic acids is 1. The predicted molar refractivity (Wildman–Crippen MR) is 163 cm³/mol. The lowest BCUT2D eigenvalue weighted by molar-refractivity contribution is -0.384. The van der Waals surface area contributed by atoms with Crippen molar-refractivity contribution >= 4 is 29.1 Å². The Bertz CT molecular complexity index is 1770. The average Bonchev–Trinajstić information content (AvgIpc) is 3.83. The molecule has 1 amide bonds. The van der Waals surface area contributed by atoms with Crippen molar-refractivity contribution < 1.29 is 33.4 Å². The van der Waals surface area contributed by atoms with Crippen LogP contribution < -0.4 is 23.8 Å². The number of carbonyl (C=O) groups is 1. The van der Waals surface area contributed by atoms with Crippen molar-refractivity contribution in [3.63, 3.8) is 0 Å². The summed E-state index contributed by atoms with van der Waals surface area (Å²) in [5.74, 6) is 2.19. The number of rotatable bonds is 5. The van der Waals surface area contributed by atoms with Crippen molar-refractivity contribution in [2.75, 3.05) is 44.8 Å². The largest absolute Gasteiger partial charge is 0.454 e. The van der Waals surface area contributed by atoms with Crippen LogP contribution in [0.1, 0.15) is 46.8 Å². The molecule has 0 unspecified atom stereocenters. The Kier molecular flexibility index (Phi) is 6.78. The second-order valence-electron chi connectivity index (χ2n) is 11.5. The Morgan fingerprint density at radius 2 is 1.64 bits per heavy atom. The van der Waals surface area contributed by atoms with E-state index in [1.165, 1.54) is 11.1 Å². The lowest BCUT2D eigenvalue weighted by atomic mass is 9.77. The summed E-state index contributed by atoms with van der Waals surface area (Å²) < 4.78 is 27.7. The van der Waals surface area contributed by atoms with Crippen molar-refractivity contribution in [1.29, 1.82) is 0 Å². The number of amides is 1. The molecule has 1 saturated carbocycles. The Morgan fingerprint density at radius 1 is 0.911 bits per heavy atom. The van der Waals surface area contributed by atoms with Gasteiger partial charge < -0.3 is 28.6 Å². The smallest absolute Gasteiger partial charge is 0.293 e. The Labute approximate surface area is 258 Å². The molecular weight excluding hydrogens is 580 g/mol. The lowest BCUT2D eigenvalue weighted by Crippen LogP contribution is -2.36. The highest BCUT2D eigenvalue weighted by molar-refractivity contribution is 6.09. The highest BCUT2D eigenvalue weighted by atomic mass is 16.7. The van der Waals surface area contributed by atoms with Gasteiger partial charge in [0.15, 0.2) is 23.0 Å². The molecule has 8 rings (SSSR count). The third-order valence-electron chi connectivity index (χ3n) is 8.96. The zero-order chi connectivity index (χ0) is 30.5. The molecular formula is C33H30N4O8. The van der Waals surface area contributed by atoms with Gasteiger partial charge in [0.05, 0.1) is 29.9 Å². The van der Waals surface area contributed by atoms with Crippen LogP contribution >= 0.6 is 0 Å². The summed E-state index contributed by atoms with van der Waals surface area (Å²) in [6.45, 7) is 2.40. The first-order valence-corrected chi connectivity index (χ1v) is 15.1. The first kappa shape index (κ1) is 27.4. The number of ether oxygens (including phenoxy) is 5. The second kappa shape index (κ2) is 11.1. The monoisotopic (exact) mass is 610 g/mol. The van der Waals surface area contributed by atoms with Gasteiger partial charge in [0.2, 0.25) is 13.6 Å². The van der Waals surface area contributed by atoms with Crippen molar-refractivity contribution in [2.24, 2.45) is 11.0 Å². The van der Waals surface area contributed by atoms with E-state index >= 15 is 0 Å². The molecule has 0 aromatic heterocycles. The fourth-order valence-electron chi connectivity index (χ4n) is 6.81. The van der Waals surface area contributed by atoms with Crippen molar-refractivity contribution in [2.45, 2.75) is 25.3 Å². The zero-order valence-electron chi connectivity index (χ0n) is 24.3. The summed E-state index contributed by atoms with van der Waals surface area (Å²) in [5, 5.41) is 18.7. The summed E-state index contributed by atoms with van der Waals surface area (Å²) in [6, 6.07) is 15.8. The molecule has 0 bridgehead atoms. The topological polar surface area (TPSA) is 125 Å². The van der Waals surface area contributed by atoms with Gasteiger partial charge in [-0.3, -0.25) is 14.9 Å². The van der Waals surface area contributed by atoms with Crippen LogP contribution in [0.25, 0.3) is 6.08 Å². The maximum atomic E-state index is 14.3. The lowest BCUT2D eigenvalue weighted by Gasteiger charge is -2.30. The number of hydrazone groups is 1. The quantitative estimate of drug-likeness (QED) is 0.279. The van der Waals surface area contributed by atoms with Gasteiger partial charge in [0.1, 0.15) is 5.69 Å². The fraction of sp³-hybridized carbons (Fsp3) is 0.333. The molecule has 0 spiro atoms. The second-order valence-corrected chi connectivity index (χ2v) is 11.5. The number of benzene rings is 3. The van der Waals surface area contributed by atoms with E-state index in [2.05, 4.69) is 6.08 Å². The number of nitrogens with zero attached hydrogens (tertiary/aromatic N) is 4. The van der Waals surface area contributed by atoms with Crippen LogP contribution in [0.3, 0.4) is 0 Å². The SMILES string of the molecule is O=C(c1ccc(N2CCOCC2)c([N+](=O)[O-])c1)N1N=C2/C(=C/c3ccc4c(c3)OCO4)CCC[C@H]2[C@H]1c1ccc2c(c1)OCO2. The number of allylic oxidation sites excluding steroid dienone is 1. The molecule has 1 saturated heterocycles. The van der Waals surface area contributed by atoms with Crippen molar-refractivity contribution in [3.8, 4) is 23.0 Å². The van der Waals surface area contributed by atoms with Crippen molar-refractivity contribution in [3.05, 3.63) is 87.0 Å². The van der Waals surface area contributed by atoms with Crippen LogP contribution in [0.15, 0.2) is 65.3 Å². The third kappa shape index (κ3) is 4.91. The van der Waals surface area contributed by atoms with Gasteiger partial charge in [-0.25, -0.2) is 5.01 Å². The highest BCUT2D eigenvalue weighted by Crippen LogP contribution is 2.47. The van der Waals surface area contributed by atoms with Crippen LogP contribution in [-0.2, 0) is 4.74 Å². The number of nitro benzene ring substituents is 1. The van der Waals surface area contributed by atoms with Crippen LogP contribution in [0.4, 0.5) is 11.4 Å². The molecule has 12 nitrogen and oxygen atoms in total. The standard InChI is InChI=1S/C33H30N4O8/c38-33(23-5-7-25(26(16-23)37(39)40)35-10-12-41-13-11-35)36-32(22-6-9-28-30(17-22)45-19-43-28)24-3-1-2-21(31(24)34-36)14-20-4-8-27-29(15-20)44-18-42-27/h4-9,14-17,24,32H,1-3,10-13,18-19H2/b21-14+/t24-,32-/m1/s1. The van der Waals surface area contributed by atoms with E-state index in [0.717, 1.165) is 41.7 Å². The predicted octanol–water partition coefficient (Wildman–Crippen LogP) is 5.33. The molecule has 4 heterocycles. The van der Waals surface area contributed by atoms with Gasteiger partial charge in [0.25, 0.3) is 11.6 Å². The van der Waals surface area contributed by atoms with E-state index in [9.17, 15) is 14.9 Å². The number of fused-ring (bicyclic) bond motifs is 3. The van der Waals surface area contributed by atoms with Gasteiger partial charge in [-0.2, -0.15) is 5.10 Å². The molecule has 3 aromatic rings. The molecule has 4 aliphatic heterocycles. The number of morpholine rings is 1. The first-order valence-electron chi connectivity index (χ1n) is 15.1. The molecule has 2 fully saturated rings. The van der Waals surface area contributed by atoms with Crippen molar-refractivity contribution in [1.82, 2.24) is 5.01 Å². The maximum Gasteiger partial charge on any atom is 0.293 e. The summed E-state index contributed by atoms with van der Waals surface area (Å²) in [4.78, 5) is 28.0. The number of nitro groups is 1. The van der Waals surface area contributed by atoms with Gasteiger partial charge in [-0.15, -0.1) is 0 Å². The van der Waals surface area contributed by atoms with Crippen LogP contribution in [0.5, 0.6) is 23.0 Å². The molecule has 230 valence electrons. The summed E-state index contributed by atoms with van der Waals surface area (Å²) in [7, 11) is 0. The van der Waals surface area contributed by atoms with E-state index in [-0.39, 0.29) is 30.8 Å². The zero-order valence-corrected chi connectivity index (χ0v) is 24.3. The molecule has 0 radical (unpaired) electrons. The summed E-state index contributed by atoms with van der Waals surface area (Å²) in [6.07, 6.45) is 4.65. The van der Waals surface area contributed by atoms with Gasteiger partial charge in [-0.1, -0.05) is 12.1 Å². The molecule has 1 aliphatic carbocycles. The number of anilines is 1. The van der Waals surface area contributed by atoms with Gasteiger partial charge in [0, 0.05) is 30.6 Å². The van der Waals surface area contributed by atoms with Crippen LogP contribution in [-0.4, -0.2) is 61.4 Å². The average molecular weight is 611 g/mol. The summed E-state index contributed by atoms with van der Waals surface area (Å²) in [5.41, 5.74) is 4.26. The molecule has 45 heavy (non-hydrogen) atoms. The highest BCUT2D eigenvalue weighted by Gasteiger charge is 2.44. The minimum Gasteiger partial charge on any atom is -0.454 e. The van der Waals surface area contributed by atoms with E-state index < -0.39 is 16.9 Å². The molecule has 0 N–H and O–H groups in total. The summed E-state index contributed by atoms with van der Waals surface area (Å²) >= 11 is 0. The Balaban J connectivity index is 1.19. The molecule has 12 heteroatoms. The maximum absolute atomic E-state index is 14.3. The third-order valence-corrected chi connectivity index (χ3v) is 8.96. The minimum atomic E-state index is -0.432. The van der Waals surface area contributed by atoms with E-state index in [1.54, 1.807) is 12.1 Å². The molecule has 5 aliphatic rings. The van der Waals surface area contributed by atoms with Crippen LogP contribution in [0.2, 0.25) is 0 Å². The van der Waals surface area contributed by atoms with Gasteiger partial charge in [-0.05, 0) is 78.4 Å². The van der Waals surface area contributed by atoms with Crippen LogP contribution in [0, 0.1) is 16.0 Å². The Morgan fingerprint density at radius 3 is 2.42 bits per heavy atom. The van der Waals surface area contributed by atoms with E-state index in [1.807, 2.05) is 41.3 Å². The first-order chi connectivity index (χ1) is 22.0. The fourth-order valence-corrected chi connectivity index (χ4v) is 6.81. The molecule has 3 aromatic carbocycles. The Hall–Kier alpha value is -5.10. The molecule has 2 atom stereocenters. The number of hydrogen-bond donors (Lipinski definition) is 0. The van der Waals surface area contributed by atoms with E-state index in [0.29, 0.717) is 55.0 Å². The minimum absolute atomic E-state index is 0.0778. The number of hydrogen-bond acceptors (Lipinski definition) is 10. The van der Waals surface area contributed by atoms with Gasteiger partial charge >= 0.3 is 0 Å². The van der Waals surface area contributed by atoms with E-state index in [4.69, 9.17) is 28.8 Å².